The molecule has 0 aliphatic rings. The zero-order valence-electron chi connectivity index (χ0n) is 11.6. The van der Waals surface area contributed by atoms with Gasteiger partial charge in [-0.1, -0.05) is 17.9 Å². The molecule has 0 saturated heterocycles. The number of nitrogens with zero attached hydrogens (tertiary/aromatic N) is 2. The molecule has 1 heterocycles. The molecule has 5 nitrogen and oxygen atoms in total. The zero-order valence-corrected chi connectivity index (χ0v) is 11.6. The van der Waals surface area contributed by atoms with E-state index in [1.54, 1.807) is 24.5 Å². The monoisotopic (exact) mass is 281 g/mol. The summed E-state index contributed by atoms with van der Waals surface area (Å²) in [6, 6.07) is 7.08. The van der Waals surface area contributed by atoms with E-state index in [0.717, 1.165) is 5.56 Å². The van der Waals surface area contributed by atoms with Crippen LogP contribution in [0.25, 0.3) is 0 Å². The highest BCUT2D eigenvalue weighted by molar-refractivity contribution is 6.05. The molecule has 106 valence electrons. The minimum Gasteiger partial charge on any atom is -0.395 e. The van der Waals surface area contributed by atoms with Gasteiger partial charge < -0.3 is 5.11 Å². The summed E-state index contributed by atoms with van der Waals surface area (Å²) in [6.07, 6.45) is 3.48. The lowest BCUT2D eigenvalue weighted by molar-refractivity contribution is 0.102. The first-order valence-electron chi connectivity index (χ1n) is 6.49. The topological polar surface area (TPSA) is 75.1 Å². The second-order valence-electron chi connectivity index (χ2n) is 4.35. The lowest BCUT2D eigenvalue weighted by Crippen LogP contribution is -2.15. The number of hydrogen-bond donors (Lipinski definition) is 2. The number of nitrogens with one attached hydrogen (secondary N) is 1. The SMILES string of the molecule is Cc1ccc(C(=O)Nc2ncccn2)c(C#CCCO)c1. The van der Waals surface area contributed by atoms with Crippen LogP contribution in [0.2, 0.25) is 0 Å². The summed E-state index contributed by atoms with van der Waals surface area (Å²) in [7, 11) is 0. The molecule has 0 aliphatic carbocycles. The number of aliphatic hydroxyl groups excluding tert-OH is 1. The number of rotatable bonds is 3. The van der Waals surface area contributed by atoms with E-state index in [9.17, 15) is 4.79 Å². The molecule has 2 rings (SSSR count). The third-order valence-electron chi connectivity index (χ3n) is 2.67. The summed E-state index contributed by atoms with van der Waals surface area (Å²) in [5, 5.41) is 11.4. The van der Waals surface area contributed by atoms with Crippen molar-refractivity contribution in [3.63, 3.8) is 0 Å². The van der Waals surface area contributed by atoms with Crippen molar-refractivity contribution < 1.29 is 9.90 Å². The Kier molecular flexibility index (Phi) is 5.02. The van der Waals surface area contributed by atoms with Gasteiger partial charge in [0.2, 0.25) is 5.95 Å². The van der Waals surface area contributed by atoms with Gasteiger partial charge in [-0.15, -0.1) is 0 Å². The lowest BCUT2D eigenvalue weighted by atomic mass is 10.0. The fourth-order valence-corrected chi connectivity index (χ4v) is 1.71. The van der Waals surface area contributed by atoms with Gasteiger partial charge in [0.15, 0.2) is 0 Å². The number of carbonyl (C=O) groups excluding carboxylic acids is 1. The number of amides is 1. The minimum atomic E-state index is -0.311. The quantitative estimate of drug-likeness (QED) is 0.841. The number of aromatic nitrogens is 2. The van der Waals surface area contributed by atoms with Crippen molar-refractivity contribution in [2.24, 2.45) is 0 Å². The van der Waals surface area contributed by atoms with Crippen LogP contribution in [0.3, 0.4) is 0 Å². The van der Waals surface area contributed by atoms with E-state index in [2.05, 4.69) is 27.1 Å². The summed E-state index contributed by atoms with van der Waals surface area (Å²) in [6.45, 7) is 1.93. The van der Waals surface area contributed by atoms with Gasteiger partial charge in [0.25, 0.3) is 5.91 Å². The van der Waals surface area contributed by atoms with Gasteiger partial charge in [0, 0.05) is 24.4 Å². The molecule has 0 radical (unpaired) electrons. The molecule has 1 aromatic heterocycles. The molecule has 0 aliphatic heterocycles. The fraction of sp³-hybridized carbons (Fsp3) is 0.188. The molecule has 2 aromatic rings. The maximum atomic E-state index is 12.3. The fourth-order valence-electron chi connectivity index (χ4n) is 1.71. The summed E-state index contributed by atoms with van der Waals surface area (Å²) in [4.78, 5) is 20.2. The average Bonchev–Trinajstić information content (AvgIpc) is 2.48. The van der Waals surface area contributed by atoms with Crippen LogP contribution in [0.5, 0.6) is 0 Å². The number of aliphatic hydroxyl groups is 1. The Labute approximate surface area is 123 Å². The lowest BCUT2D eigenvalue weighted by Gasteiger charge is -2.06. The second kappa shape index (κ2) is 7.17. The molecule has 2 N–H and O–H groups in total. The maximum Gasteiger partial charge on any atom is 0.259 e. The number of benzene rings is 1. The summed E-state index contributed by atoms with van der Waals surface area (Å²) in [5.41, 5.74) is 2.09. The number of anilines is 1. The third kappa shape index (κ3) is 4.13. The Morgan fingerprint density at radius 2 is 2.10 bits per heavy atom. The molecular weight excluding hydrogens is 266 g/mol. The number of carbonyl (C=O) groups is 1. The van der Waals surface area contributed by atoms with Crippen LogP contribution in [-0.2, 0) is 0 Å². The number of hydrogen-bond acceptors (Lipinski definition) is 4. The highest BCUT2D eigenvalue weighted by atomic mass is 16.2. The highest BCUT2D eigenvalue weighted by Gasteiger charge is 2.11. The van der Waals surface area contributed by atoms with Crippen LogP contribution >= 0.6 is 0 Å². The van der Waals surface area contributed by atoms with Gasteiger partial charge in [-0.3, -0.25) is 10.1 Å². The van der Waals surface area contributed by atoms with E-state index < -0.39 is 0 Å². The molecule has 0 unspecified atom stereocenters. The normalized spacial score (nSPS) is 9.62. The summed E-state index contributed by atoms with van der Waals surface area (Å²) < 4.78 is 0. The van der Waals surface area contributed by atoms with Gasteiger partial charge in [-0.05, 0) is 30.7 Å². The Morgan fingerprint density at radius 3 is 2.81 bits per heavy atom. The Hall–Kier alpha value is -2.71. The minimum absolute atomic E-state index is 0.00178. The first-order chi connectivity index (χ1) is 10.2. The first-order valence-corrected chi connectivity index (χ1v) is 6.49. The van der Waals surface area contributed by atoms with Crippen LogP contribution < -0.4 is 5.32 Å². The molecule has 0 fully saturated rings. The predicted octanol–water partition coefficient (Wildman–Crippen LogP) is 1.77. The van der Waals surface area contributed by atoms with Crippen molar-refractivity contribution in [1.82, 2.24) is 9.97 Å². The van der Waals surface area contributed by atoms with E-state index in [-0.39, 0.29) is 18.5 Å². The predicted molar refractivity (Wildman–Crippen MR) is 79.7 cm³/mol. The van der Waals surface area contributed by atoms with Crippen LogP contribution in [0.15, 0.2) is 36.7 Å². The van der Waals surface area contributed by atoms with Crippen molar-refractivity contribution in [3.05, 3.63) is 53.3 Å². The van der Waals surface area contributed by atoms with E-state index in [1.165, 1.54) is 0 Å². The molecule has 21 heavy (non-hydrogen) atoms. The van der Waals surface area contributed by atoms with Crippen molar-refractivity contribution in [3.8, 4) is 11.8 Å². The average molecular weight is 281 g/mol. The molecule has 1 aromatic carbocycles. The standard InChI is InChI=1S/C16H15N3O2/c1-12-6-7-14(13(11-12)5-2-3-10-20)15(21)19-16-17-8-4-9-18-16/h4,6-9,11,20H,3,10H2,1H3,(H,17,18,19,21). The van der Waals surface area contributed by atoms with Crippen LogP contribution in [0, 0.1) is 18.8 Å². The zero-order chi connectivity index (χ0) is 15.1. The van der Waals surface area contributed by atoms with Gasteiger partial charge in [-0.2, -0.15) is 0 Å². The molecule has 5 heteroatoms. The Balaban J connectivity index is 2.26. The molecule has 0 spiro atoms. The highest BCUT2D eigenvalue weighted by Crippen LogP contribution is 2.12. The summed E-state index contributed by atoms with van der Waals surface area (Å²) >= 11 is 0. The van der Waals surface area contributed by atoms with Gasteiger partial charge >= 0.3 is 0 Å². The van der Waals surface area contributed by atoms with E-state index in [0.29, 0.717) is 17.5 Å². The molecule has 0 atom stereocenters. The van der Waals surface area contributed by atoms with Crippen molar-refractivity contribution in [2.45, 2.75) is 13.3 Å². The van der Waals surface area contributed by atoms with Gasteiger partial charge in [0.05, 0.1) is 12.2 Å². The Morgan fingerprint density at radius 1 is 1.33 bits per heavy atom. The molecule has 0 saturated carbocycles. The van der Waals surface area contributed by atoms with E-state index >= 15 is 0 Å². The van der Waals surface area contributed by atoms with E-state index in [4.69, 9.17) is 5.11 Å². The second-order valence-corrected chi connectivity index (χ2v) is 4.35. The van der Waals surface area contributed by atoms with E-state index in [1.807, 2.05) is 19.1 Å². The number of aryl methyl sites for hydroxylation is 1. The van der Waals surface area contributed by atoms with Crippen molar-refractivity contribution in [2.75, 3.05) is 11.9 Å². The maximum absolute atomic E-state index is 12.3. The third-order valence-corrected chi connectivity index (χ3v) is 2.67. The molecular formula is C16H15N3O2. The van der Waals surface area contributed by atoms with Crippen LogP contribution in [0.4, 0.5) is 5.95 Å². The smallest absolute Gasteiger partial charge is 0.259 e. The van der Waals surface area contributed by atoms with Gasteiger partial charge in [0.1, 0.15) is 0 Å². The first kappa shape index (κ1) is 14.7. The largest absolute Gasteiger partial charge is 0.395 e. The van der Waals surface area contributed by atoms with Gasteiger partial charge in [-0.25, -0.2) is 9.97 Å². The molecule has 0 bridgehead atoms. The summed E-state index contributed by atoms with van der Waals surface area (Å²) in [5.74, 6) is 5.67. The Bertz CT molecular complexity index is 688. The molecule has 1 amide bonds. The van der Waals surface area contributed by atoms with Crippen LogP contribution in [0.1, 0.15) is 27.9 Å². The van der Waals surface area contributed by atoms with Crippen molar-refractivity contribution >= 4 is 11.9 Å². The van der Waals surface area contributed by atoms with Crippen molar-refractivity contribution in [1.29, 1.82) is 0 Å². The van der Waals surface area contributed by atoms with Crippen LogP contribution in [-0.4, -0.2) is 27.6 Å².